The van der Waals surface area contributed by atoms with Gasteiger partial charge in [-0.15, -0.1) is 0 Å². The summed E-state index contributed by atoms with van der Waals surface area (Å²) in [5.41, 5.74) is 2.20. The Morgan fingerprint density at radius 1 is 0.786 bits per heavy atom. The van der Waals surface area contributed by atoms with Crippen LogP contribution in [-0.4, -0.2) is 43.1 Å². The average molecular weight is 373 g/mol. The molecular weight excluding hydrogens is 354 g/mol. The van der Waals surface area contributed by atoms with Crippen LogP contribution in [-0.2, 0) is 0 Å². The lowest BCUT2D eigenvalue weighted by molar-refractivity contribution is 0.0892. The van der Waals surface area contributed by atoms with Crippen LogP contribution in [0.5, 0.6) is 5.75 Å². The second kappa shape index (κ2) is 6.35. The number of nitrogens with one attached hydrogen (secondary N) is 1. The zero-order valence-electron chi connectivity index (χ0n) is 15.2. The number of phenolic OH excluding ortho intramolecular Hbond substituents is 1. The molecule has 2 N–H and O–H groups in total. The minimum atomic E-state index is -0.415. The van der Waals surface area contributed by atoms with Crippen LogP contribution < -0.4 is 15.1 Å². The number of rotatable bonds is 2. The third-order valence-corrected chi connectivity index (χ3v) is 5.46. The molecular formula is C22H19N3O3. The van der Waals surface area contributed by atoms with E-state index in [0.717, 1.165) is 42.2 Å². The molecule has 0 unspecified atom stereocenters. The predicted molar refractivity (Wildman–Crippen MR) is 108 cm³/mol. The van der Waals surface area contributed by atoms with E-state index >= 15 is 0 Å². The number of carbonyl (C=O) groups excluding carboxylic acids is 2. The van der Waals surface area contributed by atoms with Gasteiger partial charge in [0.1, 0.15) is 5.75 Å². The number of para-hydroxylation sites is 2. The molecule has 0 saturated carbocycles. The predicted octanol–water partition coefficient (Wildman–Crippen LogP) is 2.76. The van der Waals surface area contributed by atoms with Gasteiger partial charge in [0, 0.05) is 53.8 Å². The van der Waals surface area contributed by atoms with E-state index in [2.05, 4.69) is 10.2 Å². The summed E-state index contributed by atoms with van der Waals surface area (Å²) in [7, 11) is 0. The summed E-state index contributed by atoms with van der Waals surface area (Å²) >= 11 is 0. The maximum atomic E-state index is 13.2. The molecule has 1 saturated heterocycles. The number of nitrogens with zero attached hydrogens (tertiary/aromatic N) is 2. The summed E-state index contributed by atoms with van der Waals surface area (Å²) in [6, 6.07) is 15.7. The first-order valence-electron chi connectivity index (χ1n) is 9.35. The molecule has 2 aliphatic heterocycles. The van der Waals surface area contributed by atoms with Crippen LogP contribution in [0.1, 0.15) is 20.7 Å². The van der Waals surface area contributed by atoms with E-state index in [4.69, 9.17) is 0 Å². The lowest BCUT2D eigenvalue weighted by Gasteiger charge is -2.33. The second-order valence-electron chi connectivity index (χ2n) is 7.03. The summed E-state index contributed by atoms with van der Waals surface area (Å²) in [5, 5.41) is 15.1. The standard InChI is InChI=1S/C22H19N3O3/c26-19-7-2-1-6-18(19)25-21(27)15-5-3-4-14-17(24-12-10-23-11-13-24)9-8-16(20(14)15)22(25)28/h1-9,23,26H,10-13H2. The molecule has 0 radical (unpaired) electrons. The first-order chi connectivity index (χ1) is 13.7. The summed E-state index contributed by atoms with van der Waals surface area (Å²) in [5.74, 6) is -0.929. The lowest BCUT2D eigenvalue weighted by atomic mass is 9.92. The maximum Gasteiger partial charge on any atom is 0.266 e. The van der Waals surface area contributed by atoms with Crippen LogP contribution in [0.3, 0.4) is 0 Å². The third-order valence-electron chi connectivity index (χ3n) is 5.46. The molecule has 2 aliphatic rings. The molecule has 5 rings (SSSR count). The molecule has 2 heterocycles. The van der Waals surface area contributed by atoms with Gasteiger partial charge in [-0.25, -0.2) is 4.90 Å². The average Bonchev–Trinajstić information content (AvgIpc) is 2.73. The number of piperazine rings is 1. The van der Waals surface area contributed by atoms with Crippen LogP contribution in [0.2, 0.25) is 0 Å². The summed E-state index contributed by atoms with van der Waals surface area (Å²) in [4.78, 5) is 29.8. The number of carbonyl (C=O) groups is 2. The van der Waals surface area contributed by atoms with Crippen molar-refractivity contribution in [3.05, 3.63) is 65.7 Å². The molecule has 28 heavy (non-hydrogen) atoms. The minimum absolute atomic E-state index is 0.0998. The minimum Gasteiger partial charge on any atom is -0.506 e. The summed E-state index contributed by atoms with van der Waals surface area (Å²) < 4.78 is 0. The molecule has 0 aromatic heterocycles. The van der Waals surface area contributed by atoms with Crippen LogP contribution in [0, 0.1) is 0 Å². The first-order valence-corrected chi connectivity index (χ1v) is 9.35. The van der Waals surface area contributed by atoms with Gasteiger partial charge in [0.25, 0.3) is 11.8 Å². The fourth-order valence-corrected chi connectivity index (χ4v) is 4.13. The second-order valence-corrected chi connectivity index (χ2v) is 7.03. The van der Waals surface area contributed by atoms with Crippen molar-refractivity contribution < 1.29 is 14.7 Å². The Balaban J connectivity index is 1.70. The Morgan fingerprint density at radius 2 is 1.50 bits per heavy atom. The van der Waals surface area contributed by atoms with Crippen LogP contribution in [0.15, 0.2) is 54.6 Å². The molecule has 0 spiro atoms. The van der Waals surface area contributed by atoms with Crippen molar-refractivity contribution in [3.63, 3.8) is 0 Å². The SMILES string of the molecule is O=C1c2cccc3c(N4CCNCC4)ccc(c23)C(=O)N1c1ccccc1O. The lowest BCUT2D eigenvalue weighted by Crippen LogP contribution is -2.44. The molecule has 140 valence electrons. The van der Waals surface area contributed by atoms with Crippen molar-refractivity contribution >= 4 is 34.0 Å². The Hall–Kier alpha value is -3.38. The van der Waals surface area contributed by atoms with Gasteiger partial charge in [-0.05, 0) is 30.3 Å². The van der Waals surface area contributed by atoms with E-state index in [1.165, 1.54) is 6.07 Å². The zero-order chi connectivity index (χ0) is 19.3. The van der Waals surface area contributed by atoms with Crippen LogP contribution >= 0.6 is 0 Å². The zero-order valence-corrected chi connectivity index (χ0v) is 15.2. The Labute approximate surface area is 162 Å². The first kappa shape index (κ1) is 16.8. The third kappa shape index (κ3) is 2.38. The van der Waals surface area contributed by atoms with Gasteiger partial charge in [-0.2, -0.15) is 0 Å². The van der Waals surface area contributed by atoms with Crippen molar-refractivity contribution in [2.45, 2.75) is 0 Å². The molecule has 3 aromatic rings. The fourth-order valence-electron chi connectivity index (χ4n) is 4.13. The van der Waals surface area contributed by atoms with Gasteiger partial charge in [-0.1, -0.05) is 24.3 Å². The smallest absolute Gasteiger partial charge is 0.266 e. The van der Waals surface area contributed by atoms with E-state index in [9.17, 15) is 14.7 Å². The van der Waals surface area contributed by atoms with Gasteiger partial charge in [0.15, 0.2) is 0 Å². The van der Waals surface area contributed by atoms with Gasteiger partial charge >= 0.3 is 0 Å². The van der Waals surface area contributed by atoms with Gasteiger partial charge in [-0.3, -0.25) is 9.59 Å². The van der Waals surface area contributed by atoms with Crippen molar-refractivity contribution in [2.75, 3.05) is 36.0 Å². The highest BCUT2D eigenvalue weighted by molar-refractivity contribution is 6.36. The number of hydrogen-bond donors (Lipinski definition) is 2. The Kier molecular flexibility index (Phi) is 3.80. The van der Waals surface area contributed by atoms with E-state index in [1.807, 2.05) is 18.2 Å². The molecule has 6 nitrogen and oxygen atoms in total. The highest BCUT2D eigenvalue weighted by Gasteiger charge is 2.35. The number of anilines is 2. The normalized spacial score (nSPS) is 16.7. The van der Waals surface area contributed by atoms with Gasteiger partial charge in [0.2, 0.25) is 0 Å². The van der Waals surface area contributed by atoms with Crippen molar-refractivity contribution in [1.82, 2.24) is 5.32 Å². The molecule has 2 amide bonds. The molecule has 6 heteroatoms. The van der Waals surface area contributed by atoms with Crippen molar-refractivity contribution in [3.8, 4) is 5.75 Å². The molecule has 0 bridgehead atoms. The number of hydrogen-bond acceptors (Lipinski definition) is 5. The summed E-state index contributed by atoms with van der Waals surface area (Å²) in [6.07, 6.45) is 0. The van der Waals surface area contributed by atoms with Gasteiger partial charge in [0.05, 0.1) is 5.69 Å². The van der Waals surface area contributed by atoms with Crippen LogP contribution in [0.4, 0.5) is 11.4 Å². The molecule has 0 atom stereocenters. The number of benzene rings is 3. The highest BCUT2D eigenvalue weighted by Crippen LogP contribution is 2.39. The van der Waals surface area contributed by atoms with E-state index in [1.54, 1.807) is 30.3 Å². The number of aromatic hydroxyl groups is 1. The summed E-state index contributed by atoms with van der Waals surface area (Å²) in [6.45, 7) is 3.57. The monoisotopic (exact) mass is 373 g/mol. The topological polar surface area (TPSA) is 72.9 Å². The largest absolute Gasteiger partial charge is 0.506 e. The number of imide groups is 1. The number of amides is 2. The highest BCUT2D eigenvalue weighted by atomic mass is 16.3. The quantitative estimate of drug-likeness (QED) is 0.676. The maximum absolute atomic E-state index is 13.2. The van der Waals surface area contributed by atoms with E-state index < -0.39 is 11.8 Å². The van der Waals surface area contributed by atoms with E-state index in [0.29, 0.717) is 16.5 Å². The molecule has 0 aliphatic carbocycles. The Bertz CT molecular complexity index is 1100. The molecule has 1 fully saturated rings. The Morgan fingerprint density at radius 3 is 2.25 bits per heavy atom. The van der Waals surface area contributed by atoms with Crippen LogP contribution in [0.25, 0.3) is 10.8 Å². The fraction of sp³-hybridized carbons (Fsp3) is 0.182. The number of phenols is 1. The van der Waals surface area contributed by atoms with E-state index in [-0.39, 0.29) is 11.4 Å². The van der Waals surface area contributed by atoms with Crippen molar-refractivity contribution in [2.24, 2.45) is 0 Å². The van der Waals surface area contributed by atoms with Crippen molar-refractivity contribution in [1.29, 1.82) is 0 Å². The molecule has 3 aromatic carbocycles. The van der Waals surface area contributed by atoms with Gasteiger partial charge < -0.3 is 15.3 Å².